The van der Waals surface area contributed by atoms with Crippen molar-refractivity contribution < 1.29 is 4.39 Å². The lowest BCUT2D eigenvalue weighted by Gasteiger charge is -2.25. The molecule has 2 rings (SSSR count). The monoisotopic (exact) mass is 269 g/mol. The first-order valence-electron chi connectivity index (χ1n) is 6.49. The fourth-order valence-electron chi connectivity index (χ4n) is 2.13. The number of hydrogen-bond acceptors (Lipinski definition) is 1. The van der Waals surface area contributed by atoms with Crippen LogP contribution in [-0.4, -0.2) is 12.1 Å². The molecule has 3 heteroatoms. The highest BCUT2D eigenvalue weighted by Crippen LogP contribution is 2.48. The number of nitrogens with one attached hydrogen (secondary N) is 1. The van der Waals surface area contributed by atoms with Gasteiger partial charge >= 0.3 is 0 Å². The van der Waals surface area contributed by atoms with E-state index in [1.807, 2.05) is 0 Å². The fraction of sp³-hybridized carbons (Fsp3) is 0.600. The second-order valence-electron chi connectivity index (χ2n) is 6.52. The zero-order valence-electron chi connectivity index (χ0n) is 11.3. The topological polar surface area (TPSA) is 12.0 Å². The van der Waals surface area contributed by atoms with Crippen molar-refractivity contribution in [3.05, 3.63) is 34.6 Å². The predicted molar refractivity (Wildman–Crippen MR) is 74.5 cm³/mol. The Bertz CT molecular complexity index is 433. The first-order chi connectivity index (χ1) is 8.30. The standard InChI is InChI=1S/C15H21ClFN/c1-14(2,3)18-10-15(6-7-15)9-11-8-12(17)4-5-13(11)16/h4-5,8,18H,6-7,9-10H2,1-3H3. The maximum atomic E-state index is 13.2. The third kappa shape index (κ3) is 3.69. The predicted octanol–water partition coefficient (Wildman–Crippen LogP) is 4.19. The van der Waals surface area contributed by atoms with Crippen LogP contribution in [0, 0.1) is 11.2 Å². The van der Waals surface area contributed by atoms with Crippen LogP contribution in [0.5, 0.6) is 0 Å². The summed E-state index contributed by atoms with van der Waals surface area (Å²) in [7, 11) is 0. The smallest absolute Gasteiger partial charge is 0.123 e. The first-order valence-corrected chi connectivity index (χ1v) is 6.87. The summed E-state index contributed by atoms with van der Waals surface area (Å²) in [5, 5.41) is 4.22. The number of benzene rings is 1. The van der Waals surface area contributed by atoms with Crippen molar-refractivity contribution >= 4 is 11.6 Å². The molecule has 0 aliphatic heterocycles. The lowest BCUT2D eigenvalue weighted by molar-refractivity contribution is 0.356. The lowest BCUT2D eigenvalue weighted by Crippen LogP contribution is -2.40. The Morgan fingerprint density at radius 2 is 2.00 bits per heavy atom. The van der Waals surface area contributed by atoms with Gasteiger partial charge in [0.1, 0.15) is 5.82 Å². The fourth-order valence-corrected chi connectivity index (χ4v) is 2.31. The Balaban J connectivity index is 2.02. The molecule has 1 aromatic rings. The molecule has 1 aliphatic carbocycles. The molecule has 0 aromatic heterocycles. The molecule has 1 aliphatic rings. The molecule has 1 saturated carbocycles. The van der Waals surface area contributed by atoms with Crippen LogP contribution in [0.3, 0.4) is 0 Å². The van der Waals surface area contributed by atoms with Crippen LogP contribution in [0.25, 0.3) is 0 Å². The molecule has 18 heavy (non-hydrogen) atoms. The third-order valence-electron chi connectivity index (χ3n) is 3.52. The molecule has 1 fully saturated rings. The van der Waals surface area contributed by atoms with Gasteiger partial charge in [0.2, 0.25) is 0 Å². The van der Waals surface area contributed by atoms with E-state index >= 15 is 0 Å². The summed E-state index contributed by atoms with van der Waals surface area (Å²) in [5.74, 6) is -0.200. The van der Waals surface area contributed by atoms with E-state index < -0.39 is 0 Å². The van der Waals surface area contributed by atoms with Gasteiger partial charge in [-0.1, -0.05) is 11.6 Å². The number of halogens is 2. The molecular weight excluding hydrogens is 249 g/mol. The Labute approximate surface area is 114 Å². The quantitative estimate of drug-likeness (QED) is 0.864. The molecule has 1 aromatic carbocycles. The van der Waals surface area contributed by atoms with E-state index in [0.717, 1.165) is 18.5 Å². The normalized spacial score (nSPS) is 17.8. The van der Waals surface area contributed by atoms with E-state index in [1.165, 1.54) is 18.9 Å². The second kappa shape index (κ2) is 4.82. The van der Waals surface area contributed by atoms with Gasteiger partial charge in [-0.05, 0) is 69.2 Å². The summed E-state index contributed by atoms with van der Waals surface area (Å²) < 4.78 is 13.2. The zero-order valence-corrected chi connectivity index (χ0v) is 12.1. The van der Waals surface area contributed by atoms with Gasteiger partial charge in [0.15, 0.2) is 0 Å². The average Bonchev–Trinajstić information content (AvgIpc) is 3.01. The van der Waals surface area contributed by atoms with Crippen molar-refractivity contribution in [3.8, 4) is 0 Å². The molecule has 1 nitrogen and oxygen atoms in total. The Kier molecular flexibility index (Phi) is 3.70. The zero-order chi connectivity index (χ0) is 13.4. The van der Waals surface area contributed by atoms with Crippen LogP contribution in [-0.2, 0) is 6.42 Å². The van der Waals surface area contributed by atoms with Crippen LogP contribution in [0.1, 0.15) is 39.2 Å². The highest BCUT2D eigenvalue weighted by Gasteiger charge is 2.43. The van der Waals surface area contributed by atoms with Crippen molar-refractivity contribution in [1.82, 2.24) is 5.32 Å². The summed E-state index contributed by atoms with van der Waals surface area (Å²) in [5.41, 5.74) is 1.34. The summed E-state index contributed by atoms with van der Waals surface area (Å²) >= 11 is 6.13. The van der Waals surface area contributed by atoms with E-state index in [2.05, 4.69) is 26.1 Å². The number of hydrogen-bond donors (Lipinski definition) is 1. The lowest BCUT2D eigenvalue weighted by atomic mass is 9.95. The van der Waals surface area contributed by atoms with Crippen LogP contribution >= 0.6 is 11.6 Å². The number of rotatable bonds is 4. The molecule has 0 unspecified atom stereocenters. The summed E-state index contributed by atoms with van der Waals surface area (Å²) in [6.45, 7) is 7.47. The minimum absolute atomic E-state index is 0.126. The van der Waals surface area contributed by atoms with Crippen LogP contribution in [0.15, 0.2) is 18.2 Å². The van der Waals surface area contributed by atoms with Gasteiger partial charge in [0.25, 0.3) is 0 Å². The minimum Gasteiger partial charge on any atom is -0.312 e. The van der Waals surface area contributed by atoms with Crippen molar-refractivity contribution in [3.63, 3.8) is 0 Å². The van der Waals surface area contributed by atoms with Crippen LogP contribution < -0.4 is 5.32 Å². The van der Waals surface area contributed by atoms with Gasteiger partial charge < -0.3 is 5.32 Å². The average molecular weight is 270 g/mol. The summed E-state index contributed by atoms with van der Waals surface area (Å²) in [4.78, 5) is 0. The highest BCUT2D eigenvalue weighted by atomic mass is 35.5. The molecule has 0 saturated heterocycles. The SMILES string of the molecule is CC(C)(C)NCC1(Cc2cc(F)ccc2Cl)CC1. The van der Waals surface area contributed by atoms with Crippen molar-refractivity contribution in [1.29, 1.82) is 0 Å². The molecule has 0 amide bonds. The summed E-state index contributed by atoms with van der Waals surface area (Å²) in [6, 6.07) is 4.64. The molecule has 100 valence electrons. The van der Waals surface area contributed by atoms with Gasteiger partial charge in [-0.25, -0.2) is 4.39 Å². The Morgan fingerprint density at radius 1 is 1.33 bits per heavy atom. The van der Waals surface area contributed by atoms with Gasteiger partial charge in [0.05, 0.1) is 0 Å². The van der Waals surface area contributed by atoms with Gasteiger partial charge in [0, 0.05) is 17.1 Å². The van der Waals surface area contributed by atoms with Crippen molar-refractivity contribution in [2.24, 2.45) is 5.41 Å². The minimum atomic E-state index is -0.200. The Morgan fingerprint density at radius 3 is 2.56 bits per heavy atom. The van der Waals surface area contributed by atoms with Crippen molar-refractivity contribution in [2.75, 3.05) is 6.54 Å². The maximum absolute atomic E-state index is 13.2. The molecule has 0 bridgehead atoms. The van der Waals surface area contributed by atoms with Crippen LogP contribution in [0.4, 0.5) is 4.39 Å². The van der Waals surface area contributed by atoms with E-state index in [-0.39, 0.29) is 16.8 Å². The molecule has 0 atom stereocenters. The molecule has 1 N–H and O–H groups in total. The van der Waals surface area contributed by atoms with Crippen molar-refractivity contribution in [2.45, 2.75) is 45.6 Å². The van der Waals surface area contributed by atoms with Gasteiger partial charge in [-0.15, -0.1) is 0 Å². The highest BCUT2D eigenvalue weighted by molar-refractivity contribution is 6.31. The van der Waals surface area contributed by atoms with Crippen LogP contribution in [0.2, 0.25) is 5.02 Å². The Hall–Kier alpha value is -0.600. The molecule has 0 spiro atoms. The third-order valence-corrected chi connectivity index (χ3v) is 3.89. The largest absolute Gasteiger partial charge is 0.312 e. The van der Waals surface area contributed by atoms with Gasteiger partial charge in [-0.2, -0.15) is 0 Å². The molecular formula is C15H21ClFN. The second-order valence-corrected chi connectivity index (χ2v) is 6.92. The maximum Gasteiger partial charge on any atom is 0.123 e. The van der Waals surface area contributed by atoms with E-state index in [0.29, 0.717) is 5.02 Å². The first kappa shape index (κ1) is 13.8. The molecule has 0 radical (unpaired) electrons. The summed E-state index contributed by atoms with van der Waals surface area (Å²) in [6.07, 6.45) is 3.26. The molecule has 0 heterocycles. The van der Waals surface area contributed by atoms with E-state index in [9.17, 15) is 4.39 Å². The van der Waals surface area contributed by atoms with Gasteiger partial charge in [-0.3, -0.25) is 0 Å². The van der Waals surface area contributed by atoms with E-state index in [1.54, 1.807) is 12.1 Å². The van der Waals surface area contributed by atoms with E-state index in [4.69, 9.17) is 11.6 Å².